The Balaban J connectivity index is 1.44. The number of anilines is 1. The van der Waals surface area contributed by atoms with Gasteiger partial charge >= 0.3 is 0 Å². The van der Waals surface area contributed by atoms with E-state index in [0.29, 0.717) is 44.0 Å². The molecule has 0 unspecified atom stereocenters. The van der Waals surface area contributed by atoms with Gasteiger partial charge in [-0.2, -0.15) is 5.10 Å². The summed E-state index contributed by atoms with van der Waals surface area (Å²) in [4.78, 5) is 28.2. The van der Waals surface area contributed by atoms with Gasteiger partial charge in [-0.3, -0.25) is 14.9 Å². The van der Waals surface area contributed by atoms with Crippen LogP contribution in [0.3, 0.4) is 0 Å². The minimum absolute atomic E-state index is 0.00297. The zero-order valence-corrected chi connectivity index (χ0v) is 20.4. The van der Waals surface area contributed by atoms with Crippen LogP contribution in [0, 0.1) is 24.0 Å². The Labute approximate surface area is 205 Å². The van der Waals surface area contributed by atoms with Crippen LogP contribution < -0.4 is 9.64 Å². The number of hydrogen-bond donors (Lipinski definition) is 0. The summed E-state index contributed by atoms with van der Waals surface area (Å²) in [6.45, 7) is 8.95. The number of hydrogen-bond acceptors (Lipinski definition) is 6. The molecule has 184 valence electrons. The van der Waals surface area contributed by atoms with Gasteiger partial charge in [0.15, 0.2) is 0 Å². The van der Waals surface area contributed by atoms with Crippen molar-refractivity contribution in [3.8, 4) is 11.4 Å². The summed E-state index contributed by atoms with van der Waals surface area (Å²) >= 11 is 0. The standard InChI is InChI=1S/C26H31N5O4/c1-4-5-16-35-23-9-6-21(7-10-23)26(32)29-14-12-28(13-15-29)22-8-11-24(31(33)34)25(18-22)30-20(3)17-19(2)27-30/h6-11,17-18H,4-5,12-16H2,1-3H3. The number of rotatable bonds is 8. The molecule has 0 atom stereocenters. The predicted octanol–water partition coefficient (Wildman–Crippen LogP) is 4.54. The van der Waals surface area contributed by atoms with Gasteiger partial charge in [0, 0.05) is 49.2 Å². The molecule has 9 heteroatoms. The molecule has 2 heterocycles. The highest BCUT2D eigenvalue weighted by Gasteiger charge is 2.25. The fourth-order valence-corrected chi connectivity index (χ4v) is 4.28. The van der Waals surface area contributed by atoms with Gasteiger partial charge < -0.3 is 14.5 Å². The molecule has 3 aromatic rings. The lowest BCUT2D eigenvalue weighted by atomic mass is 10.1. The van der Waals surface area contributed by atoms with Crippen LogP contribution in [0.2, 0.25) is 0 Å². The molecule has 0 N–H and O–H groups in total. The maximum Gasteiger partial charge on any atom is 0.295 e. The monoisotopic (exact) mass is 477 g/mol. The Kier molecular flexibility index (Phi) is 7.33. The lowest BCUT2D eigenvalue weighted by Crippen LogP contribution is -2.48. The van der Waals surface area contributed by atoms with Gasteiger partial charge in [-0.25, -0.2) is 4.68 Å². The maximum absolute atomic E-state index is 13.0. The van der Waals surface area contributed by atoms with E-state index in [-0.39, 0.29) is 16.5 Å². The zero-order valence-electron chi connectivity index (χ0n) is 20.4. The van der Waals surface area contributed by atoms with E-state index in [1.54, 1.807) is 10.7 Å². The molecule has 2 aromatic carbocycles. The molecular formula is C26H31N5O4. The van der Waals surface area contributed by atoms with E-state index in [9.17, 15) is 14.9 Å². The van der Waals surface area contributed by atoms with Crippen LogP contribution in [0.4, 0.5) is 11.4 Å². The molecular weight excluding hydrogens is 446 g/mol. The number of nitrogens with zero attached hydrogens (tertiary/aromatic N) is 5. The van der Waals surface area contributed by atoms with Crippen LogP contribution in [-0.4, -0.2) is 58.3 Å². The van der Waals surface area contributed by atoms with Crippen molar-refractivity contribution in [2.75, 3.05) is 37.7 Å². The summed E-state index contributed by atoms with van der Waals surface area (Å²) in [5, 5.41) is 16.1. The van der Waals surface area contributed by atoms with E-state index in [0.717, 1.165) is 35.7 Å². The number of aryl methyl sites for hydroxylation is 2. The molecule has 0 saturated carbocycles. The van der Waals surface area contributed by atoms with E-state index in [1.807, 2.05) is 55.1 Å². The zero-order chi connectivity index (χ0) is 24.9. The largest absolute Gasteiger partial charge is 0.494 e. The quantitative estimate of drug-likeness (QED) is 0.269. The molecule has 35 heavy (non-hydrogen) atoms. The first-order chi connectivity index (χ1) is 16.9. The van der Waals surface area contributed by atoms with Gasteiger partial charge in [0.05, 0.1) is 17.2 Å². The topological polar surface area (TPSA) is 93.7 Å². The number of ether oxygens (including phenoxy) is 1. The average molecular weight is 478 g/mol. The minimum atomic E-state index is -0.383. The van der Waals surface area contributed by atoms with Gasteiger partial charge in [-0.1, -0.05) is 13.3 Å². The average Bonchev–Trinajstić information content (AvgIpc) is 3.21. The number of nitro groups is 1. The highest BCUT2D eigenvalue weighted by Crippen LogP contribution is 2.30. The Morgan fingerprint density at radius 3 is 2.37 bits per heavy atom. The number of carbonyl (C=O) groups excluding carboxylic acids is 1. The van der Waals surface area contributed by atoms with E-state index < -0.39 is 0 Å². The van der Waals surface area contributed by atoms with Crippen molar-refractivity contribution in [2.24, 2.45) is 0 Å². The number of benzene rings is 2. The van der Waals surface area contributed by atoms with E-state index in [1.165, 1.54) is 6.07 Å². The molecule has 1 aliphatic rings. The van der Waals surface area contributed by atoms with Crippen LogP contribution >= 0.6 is 0 Å². The molecule has 1 saturated heterocycles. The lowest BCUT2D eigenvalue weighted by Gasteiger charge is -2.36. The van der Waals surface area contributed by atoms with Gasteiger partial charge in [0.2, 0.25) is 0 Å². The highest BCUT2D eigenvalue weighted by molar-refractivity contribution is 5.94. The van der Waals surface area contributed by atoms with Crippen molar-refractivity contribution in [2.45, 2.75) is 33.6 Å². The SMILES string of the molecule is CCCCOc1ccc(C(=O)N2CCN(c3ccc([N+](=O)[O-])c(-n4nc(C)cc4C)c3)CC2)cc1. The van der Waals surface area contributed by atoms with Crippen LogP contribution in [0.15, 0.2) is 48.5 Å². The van der Waals surface area contributed by atoms with Gasteiger partial charge in [-0.05, 0) is 62.7 Å². The molecule has 0 bridgehead atoms. The third-order valence-corrected chi connectivity index (χ3v) is 6.19. The molecule has 4 rings (SSSR count). The second kappa shape index (κ2) is 10.6. The van der Waals surface area contributed by atoms with Crippen molar-refractivity contribution in [1.82, 2.24) is 14.7 Å². The number of piperazine rings is 1. The Bertz CT molecular complexity index is 1200. The lowest BCUT2D eigenvalue weighted by molar-refractivity contribution is -0.384. The first-order valence-corrected chi connectivity index (χ1v) is 12.0. The third-order valence-electron chi connectivity index (χ3n) is 6.19. The van der Waals surface area contributed by atoms with Crippen LogP contribution in [0.1, 0.15) is 41.5 Å². The fraction of sp³-hybridized carbons (Fsp3) is 0.385. The summed E-state index contributed by atoms with van der Waals surface area (Å²) in [5.41, 5.74) is 3.60. The minimum Gasteiger partial charge on any atom is -0.494 e. The highest BCUT2D eigenvalue weighted by atomic mass is 16.6. The van der Waals surface area contributed by atoms with Gasteiger partial charge in [0.25, 0.3) is 11.6 Å². The number of aromatic nitrogens is 2. The van der Waals surface area contributed by atoms with Crippen molar-refractivity contribution in [1.29, 1.82) is 0 Å². The van der Waals surface area contributed by atoms with Crippen LogP contribution in [-0.2, 0) is 0 Å². The summed E-state index contributed by atoms with van der Waals surface area (Å²) in [5.74, 6) is 0.771. The number of unbranched alkanes of at least 4 members (excludes halogenated alkanes) is 1. The normalized spacial score (nSPS) is 13.7. The van der Waals surface area contributed by atoms with Crippen molar-refractivity contribution in [3.05, 3.63) is 75.6 Å². The Morgan fingerprint density at radius 2 is 1.77 bits per heavy atom. The maximum atomic E-state index is 13.0. The van der Waals surface area contributed by atoms with Gasteiger partial charge in [-0.15, -0.1) is 0 Å². The number of carbonyl (C=O) groups is 1. The molecule has 1 amide bonds. The van der Waals surface area contributed by atoms with E-state index in [2.05, 4.69) is 16.9 Å². The van der Waals surface area contributed by atoms with Crippen molar-refractivity contribution in [3.63, 3.8) is 0 Å². The smallest absolute Gasteiger partial charge is 0.295 e. The molecule has 0 aliphatic carbocycles. The van der Waals surface area contributed by atoms with Crippen LogP contribution in [0.5, 0.6) is 5.75 Å². The predicted molar refractivity (Wildman–Crippen MR) is 135 cm³/mol. The second-order valence-electron chi connectivity index (χ2n) is 8.77. The molecule has 1 aliphatic heterocycles. The molecule has 0 radical (unpaired) electrons. The first-order valence-electron chi connectivity index (χ1n) is 12.0. The second-order valence-corrected chi connectivity index (χ2v) is 8.77. The number of nitro benzene ring substituents is 1. The third kappa shape index (κ3) is 5.45. The van der Waals surface area contributed by atoms with Gasteiger partial charge in [0.1, 0.15) is 11.4 Å². The molecule has 9 nitrogen and oxygen atoms in total. The first kappa shape index (κ1) is 24.3. The summed E-state index contributed by atoms with van der Waals surface area (Å²) < 4.78 is 7.30. The summed E-state index contributed by atoms with van der Waals surface area (Å²) in [7, 11) is 0. The number of amides is 1. The van der Waals surface area contributed by atoms with Crippen molar-refractivity contribution >= 4 is 17.3 Å². The summed E-state index contributed by atoms with van der Waals surface area (Å²) in [6, 6.07) is 14.3. The fourth-order valence-electron chi connectivity index (χ4n) is 4.28. The summed E-state index contributed by atoms with van der Waals surface area (Å²) in [6.07, 6.45) is 2.08. The molecule has 1 fully saturated rings. The molecule has 1 aromatic heterocycles. The Morgan fingerprint density at radius 1 is 1.06 bits per heavy atom. The Hall–Kier alpha value is -3.88. The van der Waals surface area contributed by atoms with Crippen LogP contribution in [0.25, 0.3) is 5.69 Å². The van der Waals surface area contributed by atoms with E-state index >= 15 is 0 Å². The van der Waals surface area contributed by atoms with Crippen molar-refractivity contribution < 1.29 is 14.5 Å². The molecule has 0 spiro atoms. The van der Waals surface area contributed by atoms with E-state index in [4.69, 9.17) is 4.74 Å².